The second-order valence-corrected chi connectivity index (χ2v) is 4.68. The molecule has 0 spiro atoms. The Labute approximate surface area is 103 Å². The third-order valence-electron chi connectivity index (χ3n) is 2.38. The largest absolute Gasteiger partial charge is 0.368 e. The van der Waals surface area contributed by atoms with E-state index in [1.165, 1.54) is 4.88 Å². The third-order valence-corrected chi connectivity index (χ3v) is 3.32. The van der Waals surface area contributed by atoms with E-state index < -0.39 is 5.82 Å². The molecule has 0 saturated carbocycles. The lowest BCUT2D eigenvalue weighted by Gasteiger charge is -2.18. The Morgan fingerprint density at radius 2 is 2.35 bits per heavy atom. The SMILES string of the molecule is CN(CCc1cccs1)c1nc(N)ncc1F. The molecule has 0 aliphatic heterocycles. The van der Waals surface area contributed by atoms with Crippen molar-refractivity contribution < 1.29 is 4.39 Å². The molecule has 0 radical (unpaired) electrons. The van der Waals surface area contributed by atoms with Gasteiger partial charge in [0.1, 0.15) is 0 Å². The first-order valence-corrected chi connectivity index (χ1v) is 6.06. The second-order valence-electron chi connectivity index (χ2n) is 3.65. The fraction of sp³-hybridized carbons (Fsp3) is 0.273. The minimum atomic E-state index is -0.451. The predicted octanol–water partition coefficient (Wildman–Crippen LogP) is 1.94. The first-order chi connectivity index (χ1) is 8.16. The number of anilines is 2. The van der Waals surface area contributed by atoms with Gasteiger partial charge in [0.2, 0.25) is 5.95 Å². The highest BCUT2D eigenvalue weighted by Crippen LogP contribution is 2.16. The molecular formula is C11H13FN4S. The van der Waals surface area contributed by atoms with E-state index in [2.05, 4.69) is 16.0 Å². The average Bonchev–Trinajstić information content (AvgIpc) is 2.82. The summed E-state index contributed by atoms with van der Waals surface area (Å²) in [6.45, 7) is 0.688. The summed E-state index contributed by atoms with van der Waals surface area (Å²) < 4.78 is 13.5. The minimum absolute atomic E-state index is 0.0874. The molecule has 0 aliphatic carbocycles. The fourth-order valence-electron chi connectivity index (χ4n) is 1.48. The highest BCUT2D eigenvalue weighted by molar-refractivity contribution is 7.09. The Bertz CT molecular complexity index is 486. The average molecular weight is 252 g/mol. The van der Waals surface area contributed by atoms with Crippen molar-refractivity contribution in [2.24, 2.45) is 0 Å². The maximum Gasteiger partial charge on any atom is 0.222 e. The number of hydrogen-bond acceptors (Lipinski definition) is 5. The van der Waals surface area contributed by atoms with Crippen LogP contribution in [-0.4, -0.2) is 23.6 Å². The number of nitrogen functional groups attached to an aromatic ring is 1. The molecule has 90 valence electrons. The highest BCUT2D eigenvalue weighted by Gasteiger charge is 2.10. The quantitative estimate of drug-likeness (QED) is 0.903. The summed E-state index contributed by atoms with van der Waals surface area (Å²) >= 11 is 1.69. The van der Waals surface area contributed by atoms with Gasteiger partial charge in [0, 0.05) is 18.5 Å². The van der Waals surface area contributed by atoms with Gasteiger partial charge in [-0.2, -0.15) is 4.98 Å². The molecule has 0 saturated heterocycles. The molecule has 2 rings (SSSR count). The summed E-state index contributed by atoms with van der Waals surface area (Å²) in [6.07, 6.45) is 1.96. The van der Waals surface area contributed by atoms with E-state index in [4.69, 9.17) is 5.73 Å². The first-order valence-electron chi connectivity index (χ1n) is 5.18. The summed E-state index contributed by atoms with van der Waals surface area (Å²) in [5.41, 5.74) is 5.44. The molecule has 2 N–H and O–H groups in total. The van der Waals surface area contributed by atoms with Gasteiger partial charge in [0.15, 0.2) is 11.6 Å². The smallest absolute Gasteiger partial charge is 0.222 e. The number of aromatic nitrogens is 2. The summed E-state index contributed by atoms with van der Waals surface area (Å²) in [5, 5.41) is 2.03. The molecule has 0 atom stereocenters. The zero-order valence-electron chi connectivity index (χ0n) is 9.43. The fourth-order valence-corrected chi connectivity index (χ4v) is 2.18. The van der Waals surface area contributed by atoms with Gasteiger partial charge in [-0.1, -0.05) is 6.07 Å². The van der Waals surface area contributed by atoms with E-state index in [-0.39, 0.29) is 11.8 Å². The van der Waals surface area contributed by atoms with E-state index in [1.54, 1.807) is 23.3 Å². The van der Waals surface area contributed by atoms with Crippen molar-refractivity contribution in [3.8, 4) is 0 Å². The number of likely N-dealkylation sites (N-methyl/N-ethyl adjacent to an activating group) is 1. The van der Waals surface area contributed by atoms with E-state index >= 15 is 0 Å². The van der Waals surface area contributed by atoms with Crippen LogP contribution >= 0.6 is 11.3 Å². The van der Waals surface area contributed by atoms with Crippen LogP contribution in [0.4, 0.5) is 16.2 Å². The van der Waals surface area contributed by atoms with E-state index in [0.29, 0.717) is 6.54 Å². The maximum absolute atomic E-state index is 13.5. The van der Waals surface area contributed by atoms with Gasteiger partial charge in [0.05, 0.1) is 6.20 Å². The van der Waals surface area contributed by atoms with E-state index in [1.807, 2.05) is 11.4 Å². The molecule has 0 unspecified atom stereocenters. The van der Waals surface area contributed by atoms with Gasteiger partial charge in [-0.05, 0) is 17.9 Å². The minimum Gasteiger partial charge on any atom is -0.368 e. The van der Waals surface area contributed by atoms with Crippen molar-refractivity contribution in [3.63, 3.8) is 0 Å². The number of nitrogens with two attached hydrogens (primary N) is 1. The lowest BCUT2D eigenvalue weighted by atomic mass is 10.3. The van der Waals surface area contributed by atoms with E-state index in [9.17, 15) is 4.39 Å². The molecule has 0 fully saturated rings. The Morgan fingerprint density at radius 3 is 3.06 bits per heavy atom. The third kappa shape index (κ3) is 2.91. The van der Waals surface area contributed by atoms with Crippen molar-refractivity contribution in [2.45, 2.75) is 6.42 Å². The standard InChI is InChI=1S/C11H13FN4S/c1-16(5-4-8-3-2-6-17-8)10-9(12)7-14-11(13)15-10/h2-3,6-7H,4-5H2,1H3,(H2,13,14,15). The molecule has 17 heavy (non-hydrogen) atoms. The summed E-state index contributed by atoms with van der Waals surface area (Å²) in [7, 11) is 1.79. The second kappa shape index (κ2) is 5.09. The van der Waals surface area contributed by atoms with Crippen LogP contribution in [0.5, 0.6) is 0 Å². The van der Waals surface area contributed by atoms with Gasteiger partial charge in [-0.3, -0.25) is 0 Å². The summed E-state index contributed by atoms with van der Waals surface area (Å²) in [5.74, 6) is -0.119. The molecule has 0 aromatic carbocycles. The number of hydrogen-bond donors (Lipinski definition) is 1. The van der Waals surface area contributed by atoms with Crippen LogP contribution in [0.1, 0.15) is 4.88 Å². The molecule has 4 nitrogen and oxygen atoms in total. The highest BCUT2D eigenvalue weighted by atomic mass is 32.1. The first kappa shape index (κ1) is 11.8. The molecule has 2 aromatic rings. The van der Waals surface area contributed by atoms with Crippen LogP contribution in [0.3, 0.4) is 0 Å². The molecule has 0 bridgehead atoms. The van der Waals surface area contributed by atoms with Gasteiger partial charge in [-0.15, -0.1) is 11.3 Å². The van der Waals surface area contributed by atoms with Crippen LogP contribution in [0.2, 0.25) is 0 Å². The Kier molecular flexibility index (Phi) is 3.53. The van der Waals surface area contributed by atoms with Gasteiger partial charge in [0.25, 0.3) is 0 Å². The number of nitrogens with zero attached hydrogens (tertiary/aromatic N) is 3. The molecule has 0 aliphatic rings. The predicted molar refractivity (Wildman–Crippen MR) is 67.7 cm³/mol. The summed E-state index contributed by atoms with van der Waals surface area (Å²) in [6, 6.07) is 4.06. The Balaban J connectivity index is 2.04. The van der Waals surface area contributed by atoms with Crippen molar-refractivity contribution in [3.05, 3.63) is 34.4 Å². The zero-order valence-corrected chi connectivity index (χ0v) is 10.2. The monoisotopic (exact) mass is 252 g/mol. The molecular weight excluding hydrogens is 239 g/mol. The molecule has 2 heterocycles. The van der Waals surface area contributed by atoms with Crippen molar-refractivity contribution in [1.82, 2.24) is 9.97 Å². The number of thiophene rings is 1. The summed E-state index contributed by atoms with van der Waals surface area (Å²) in [4.78, 5) is 10.5. The molecule has 2 aromatic heterocycles. The molecule has 0 amide bonds. The van der Waals surface area contributed by atoms with Gasteiger partial charge < -0.3 is 10.6 Å². The maximum atomic E-state index is 13.5. The van der Waals surface area contributed by atoms with Crippen LogP contribution in [0.25, 0.3) is 0 Å². The van der Waals surface area contributed by atoms with Crippen LogP contribution in [0, 0.1) is 5.82 Å². The number of rotatable bonds is 4. The van der Waals surface area contributed by atoms with Crippen molar-refractivity contribution in [2.75, 3.05) is 24.2 Å². The normalized spacial score (nSPS) is 10.5. The Hall–Kier alpha value is -1.69. The zero-order chi connectivity index (χ0) is 12.3. The molecule has 6 heteroatoms. The van der Waals surface area contributed by atoms with Gasteiger partial charge in [-0.25, -0.2) is 9.37 Å². The number of halogens is 1. The van der Waals surface area contributed by atoms with Crippen LogP contribution < -0.4 is 10.6 Å². The van der Waals surface area contributed by atoms with Crippen molar-refractivity contribution >= 4 is 23.1 Å². The van der Waals surface area contributed by atoms with E-state index in [0.717, 1.165) is 12.6 Å². The lowest BCUT2D eigenvalue weighted by Crippen LogP contribution is -2.23. The Morgan fingerprint density at radius 1 is 1.53 bits per heavy atom. The van der Waals surface area contributed by atoms with Crippen molar-refractivity contribution in [1.29, 1.82) is 0 Å². The van der Waals surface area contributed by atoms with Crippen LogP contribution in [-0.2, 0) is 6.42 Å². The van der Waals surface area contributed by atoms with Crippen LogP contribution in [0.15, 0.2) is 23.7 Å². The lowest BCUT2D eigenvalue weighted by molar-refractivity contribution is 0.608. The topological polar surface area (TPSA) is 55.0 Å². The van der Waals surface area contributed by atoms with Gasteiger partial charge >= 0.3 is 0 Å².